The molecule has 1 N–H and O–H groups in total. The van der Waals surface area contributed by atoms with Gasteiger partial charge in [0.2, 0.25) is 5.82 Å². The molecule has 1 atom stereocenters. The standard InChI is InChI=1S/C23H23FN4O2S/c1-4-28-14(3)19(22-26-21(27-30-22)16-7-6-8-17(24)13-16)20(25-23(28)31)15-9-11-18(12-10-15)29-5-2/h6-13,20H,4-5H2,1-3H3,(H,25,31). The third-order valence-electron chi connectivity index (χ3n) is 5.18. The molecule has 1 aliphatic heterocycles. The predicted molar refractivity (Wildman–Crippen MR) is 121 cm³/mol. The molecular weight excluding hydrogens is 415 g/mol. The lowest BCUT2D eigenvalue weighted by atomic mass is 9.94. The van der Waals surface area contributed by atoms with E-state index < -0.39 is 0 Å². The van der Waals surface area contributed by atoms with Crippen LogP contribution in [0.2, 0.25) is 0 Å². The Hall–Kier alpha value is -3.26. The van der Waals surface area contributed by atoms with Gasteiger partial charge in [-0.3, -0.25) is 0 Å². The average molecular weight is 439 g/mol. The molecule has 160 valence electrons. The number of aromatic nitrogens is 2. The van der Waals surface area contributed by atoms with Crippen LogP contribution >= 0.6 is 12.2 Å². The molecule has 3 aromatic rings. The molecule has 1 unspecified atom stereocenters. The first-order chi connectivity index (χ1) is 15.0. The molecule has 0 bridgehead atoms. The Kier molecular flexibility index (Phi) is 5.99. The van der Waals surface area contributed by atoms with Crippen LogP contribution in [0.1, 0.15) is 38.3 Å². The summed E-state index contributed by atoms with van der Waals surface area (Å²) in [6.07, 6.45) is 0. The second kappa shape index (κ2) is 8.85. The van der Waals surface area contributed by atoms with Crippen LogP contribution in [0.4, 0.5) is 4.39 Å². The van der Waals surface area contributed by atoms with Gasteiger partial charge >= 0.3 is 0 Å². The molecule has 1 aliphatic rings. The molecule has 1 aromatic heterocycles. The second-order valence-electron chi connectivity index (χ2n) is 7.06. The number of thiocarbonyl (C=S) groups is 1. The van der Waals surface area contributed by atoms with Crippen molar-refractivity contribution in [2.45, 2.75) is 26.8 Å². The van der Waals surface area contributed by atoms with Crippen molar-refractivity contribution >= 4 is 22.9 Å². The van der Waals surface area contributed by atoms with E-state index in [0.29, 0.717) is 35.5 Å². The first kappa shape index (κ1) is 21.0. The van der Waals surface area contributed by atoms with Crippen molar-refractivity contribution in [3.63, 3.8) is 0 Å². The van der Waals surface area contributed by atoms with E-state index in [4.69, 9.17) is 21.5 Å². The summed E-state index contributed by atoms with van der Waals surface area (Å²) in [7, 11) is 0. The summed E-state index contributed by atoms with van der Waals surface area (Å²) < 4.78 is 24.8. The number of hydrogen-bond donors (Lipinski definition) is 1. The van der Waals surface area contributed by atoms with Crippen molar-refractivity contribution in [3.8, 4) is 17.1 Å². The quantitative estimate of drug-likeness (QED) is 0.546. The van der Waals surface area contributed by atoms with Crippen molar-refractivity contribution < 1.29 is 13.7 Å². The van der Waals surface area contributed by atoms with Crippen LogP contribution in [0.5, 0.6) is 5.75 Å². The minimum Gasteiger partial charge on any atom is -0.494 e. The van der Waals surface area contributed by atoms with Crippen molar-refractivity contribution in [1.29, 1.82) is 0 Å². The van der Waals surface area contributed by atoms with Crippen LogP contribution in [-0.2, 0) is 0 Å². The Balaban J connectivity index is 1.77. The molecular formula is C23H23FN4O2S. The maximum atomic E-state index is 13.7. The van der Waals surface area contributed by atoms with E-state index in [1.807, 2.05) is 49.9 Å². The number of allylic oxidation sites excluding steroid dienone is 1. The molecule has 6 nitrogen and oxygen atoms in total. The number of benzene rings is 2. The highest BCUT2D eigenvalue weighted by Gasteiger charge is 2.33. The van der Waals surface area contributed by atoms with E-state index in [-0.39, 0.29) is 11.9 Å². The fraction of sp³-hybridized carbons (Fsp3) is 0.261. The molecule has 0 fully saturated rings. The Morgan fingerprint density at radius 1 is 1.19 bits per heavy atom. The third kappa shape index (κ3) is 4.16. The Morgan fingerprint density at radius 2 is 1.97 bits per heavy atom. The maximum absolute atomic E-state index is 13.7. The van der Waals surface area contributed by atoms with E-state index in [0.717, 1.165) is 22.6 Å². The molecule has 0 aliphatic carbocycles. The van der Waals surface area contributed by atoms with Gasteiger partial charge in [0.25, 0.3) is 5.89 Å². The van der Waals surface area contributed by atoms with Crippen LogP contribution in [0, 0.1) is 5.82 Å². The summed E-state index contributed by atoms with van der Waals surface area (Å²) in [5, 5.41) is 8.11. The second-order valence-corrected chi connectivity index (χ2v) is 7.45. The molecule has 31 heavy (non-hydrogen) atoms. The van der Waals surface area contributed by atoms with Gasteiger partial charge in [0.1, 0.15) is 11.6 Å². The topological polar surface area (TPSA) is 63.4 Å². The number of rotatable bonds is 6. The molecule has 0 amide bonds. The fourth-order valence-corrected chi connectivity index (χ4v) is 4.07. The highest BCUT2D eigenvalue weighted by atomic mass is 32.1. The Labute approximate surface area is 185 Å². The summed E-state index contributed by atoms with van der Waals surface area (Å²) in [6.45, 7) is 7.26. The van der Waals surface area contributed by atoms with Crippen molar-refractivity contribution in [1.82, 2.24) is 20.4 Å². The average Bonchev–Trinajstić information content (AvgIpc) is 3.24. The first-order valence-corrected chi connectivity index (χ1v) is 10.5. The van der Waals surface area contributed by atoms with Crippen LogP contribution in [-0.4, -0.2) is 33.3 Å². The number of ether oxygens (including phenoxy) is 1. The van der Waals surface area contributed by atoms with Gasteiger partial charge in [-0.25, -0.2) is 4.39 Å². The molecule has 0 radical (unpaired) electrons. The Bertz CT molecular complexity index is 1130. The lowest BCUT2D eigenvalue weighted by Crippen LogP contribution is -2.45. The zero-order chi connectivity index (χ0) is 22.0. The van der Waals surface area contributed by atoms with Crippen molar-refractivity contribution in [2.24, 2.45) is 0 Å². The molecule has 8 heteroatoms. The minimum absolute atomic E-state index is 0.271. The largest absolute Gasteiger partial charge is 0.494 e. The van der Waals surface area contributed by atoms with Gasteiger partial charge in [0.05, 0.1) is 18.2 Å². The highest BCUT2D eigenvalue weighted by Crippen LogP contribution is 2.37. The van der Waals surface area contributed by atoms with Crippen molar-refractivity contribution in [2.75, 3.05) is 13.2 Å². The summed E-state index contributed by atoms with van der Waals surface area (Å²) >= 11 is 5.59. The van der Waals surface area contributed by atoms with Crippen LogP contribution < -0.4 is 10.1 Å². The zero-order valence-corrected chi connectivity index (χ0v) is 18.4. The summed E-state index contributed by atoms with van der Waals surface area (Å²) in [5.41, 5.74) is 3.30. The maximum Gasteiger partial charge on any atom is 0.258 e. The van der Waals surface area contributed by atoms with E-state index in [1.165, 1.54) is 12.1 Å². The van der Waals surface area contributed by atoms with Crippen LogP contribution in [0.3, 0.4) is 0 Å². The lowest BCUT2D eigenvalue weighted by molar-refractivity contribution is 0.340. The summed E-state index contributed by atoms with van der Waals surface area (Å²) in [6, 6.07) is 13.7. The Morgan fingerprint density at radius 3 is 2.65 bits per heavy atom. The van der Waals surface area contributed by atoms with Crippen LogP contribution in [0.25, 0.3) is 17.0 Å². The smallest absolute Gasteiger partial charge is 0.258 e. The highest BCUT2D eigenvalue weighted by molar-refractivity contribution is 7.80. The fourth-order valence-electron chi connectivity index (χ4n) is 3.69. The third-order valence-corrected chi connectivity index (χ3v) is 5.51. The zero-order valence-electron chi connectivity index (χ0n) is 17.6. The van der Waals surface area contributed by atoms with Gasteiger partial charge < -0.3 is 19.5 Å². The van der Waals surface area contributed by atoms with Gasteiger partial charge in [-0.2, -0.15) is 4.98 Å². The summed E-state index contributed by atoms with van der Waals surface area (Å²) in [5.74, 6) is 1.14. The van der Waals surface area contributed by atoms with E-state index >= 15 is 0 Å². The number of hydrogen-bond acceptors (Lipinski definition) is 5. The molecule has 0 saturated carbocycles. The molecule has 0 spiro atoms. The lowest BCUT2D eigenvalue weighted by Gasteiger charge is -2.36. The molecule has 0 saturated heterocycles. The van der Waals surface area contributed by atoms with Crippen LogP contribution in [0.15, 0.2) is 58.8 Å². The number of halogens is 1. The van der Waals surface area contributed by atoms with Gasteiger partial charge in [0.15, 0.2) is 5.11 Å². The molecule has 2 heterocycles. The molecule has 4 rings (SSSR count). The minimum atomic E-state index is -0.353. The SMILES string of the molecule is CCOc1ccc(C2NC(=S)N(CC)C(C)=C2c2nc(-c3cccc(F)c3)no2)cc1. The predicted octanol–water partition coefficient (Wildman–Crippen LogP) is 4.96. The van der Waals surface area contributed by atoms with Crippen molar-refractivity contribution in [3.05, 3.63) is 71.5 Å². The first-order valence-electron chi connectivity index (χ1n) is 10.1. The number of nitrogens with zero attached hydrogens (tertiary/aromatic N) is 3. The molecule has 2 aromatic carbocycles. The number of nitrogens with one attached hydrogen (secondary N) is 1. The van der Waals surface area contributed by atoms with Gasteiger partial charge in [-0.05, 0) is 62.8 Å². The summed E-state index contributed by atoms with van der Waals surface area (Å²) in [4.78, 5) is 6.56. The van der Waals surface area contributed by atoms with E-state index in [1.54, 1.807) is 12.1 Å². The monoisotopic (exact) mass is 438 g/mol. The van der Waals surface area contributed by atoms with E-state index in [9.17, 15) is 4.39 Å². The van der Waals surface area contributed by atoms with E-state index in [2.05, 4.69) is 15.5 Å². The normalized spacial score (nSPS) is 16.5. The van der Waals surface area contributed by atoms with Gasteiger partial charge in [-0.1, -0.05) is 29.4 Å². The van der Waals surface area contributed by atoms with Gasteiger partial charge in [0, 0.05) is 17.8 Å². The van der Waals surface area contributed by atoms with Gasteiger partial charge in [-0.15, -0.1) is 0 Å².